The molecule has 1 aromatic carbocycles. The van der Waals surface area contributed by atoms with Crippen LogP contribution in [-0.4, -0.2) is 32.5 Å². The van der Waals surface area contributed by atoms with Crippen LogP contribution < -0.4 is 10.6 Å². The van der Waals surface area contributed by atoms with Gasteiger partial charge in [-0.15, -0.1) is 0 Å². The average Bonchev–Trinajstić information content (AvgIpc) is 3.18. The lowest BCUT2D eigenvalue weighted by molar-refractivity contribution is -0.126. The molecule has 1 unspecified atom stereocenters. The van der Waals surface area contributed by atoms with Crippen molar-refractivity contribution in [2.45, 2.75) is 32.7 Å². The van der Waals surface area contributed by atoms with E-state index in [1.807, 2.05) is 44.9 Å². The van der Waals surface area contributed by atoms with Gasteiger partial charge < -0.3 is 20.2 Å². The second-order valence-electron chi connectivity index (χ2n) is 8.59. The molecule has 3 aromatic heterocycles. The Bertz CT molecular complexity index is 1280. The van der Waals surface area contributed by atoms with E-state index in [1.54, 1.807) is 0 Å². The molecular formula is C23H26N6O. The molecule has 0 radical (unpaired) electrons. The van der Waals surface area contributed by atoms with E-state index < -0.39 is 0 Å². The van der Waals surface area contributed by atoms with Gasteiger partial charge in [-0.1, -0.05) is 25.1 Å². The van der Waals surface area contributed by atoms with E-state index in [1.165, 1.54) is 0 Å². The van der Waals surface area contributed by atoms with Gasteiger partial charge in [0, 0.05) is 30.6 Å². The monoisotopic (exact) mass is 402 g/mol. The third-order valence-electron chi connectivity index (χ3n) is 6.27. The zero-order valence-corrected chi connectivity index (χ0v) is 17.7. The Morgan fingerprint density at radius 1 is 1.30 bits per heavy atom. The van der Waals surface area contributed by atoms with Crippen LogP contribution in [0.5, 0.6) is 0 Å². The smallest absolute Gasteiger partial charge is 0.226 e. The molecule has 7 heteroatoms. The van der Waals surface area contributed by atoms with Crippen LogP contribution in [0, 0.1) is 5.41 Å². The zero-order valence-electron chi connectivity index (χ0n) is 17.7. The van der Waals surface area contributed by atoms with Crippen molar-refractivity contribution < 1.29 is 4.79 Å². The van der Waals surface area contributed by atoms with Crippen LogP contribution in [0.15, 0.2) is 36.7 Å². The van der Waals surface area contributed by atoms with Gasteiger partial charge in [-0.3, -0.25) is 4.79 Å². The fourth-order valence-corrected chi connectivity index (χ4v) is 3.97. The van der Waals surface area contributed by atoms with E-state index >= 15 is 0 Å². The Morgan fingerprint density at radius 3 is 2.83 bits per heavy atom. The topological polar surface area (TPSA) is 87.6 Å². The second kappa shape index (κ2) is 6.58. The molecule has 0 bridgehead atoms. The first-order chi connectivity index (χ1) is 14.4. The fourth-order valence-electron chi connectivity index (χ4n) is 3.97. The van der Waals surface area contributed by atoms with Gasteiger partial charge in [0.1, 0.15) is 11.2 Å². The van der Waals surface area contributed by atoms with Gasteiger partial charge in [-0.05, 0) is 43.0 Å². The van der Waals surface area contributed by atoms with E-state index in [0.717, 1.165) is 57.5 Å². The van der Waals surface area contributed by atoms with Crippen LogP contribution in [0.3, 0.4) is 0 Å². The molecule has 154 valence electrons. The summed E-state index contributed by atoms with van der Waals surface area (Å²) in [7, 11) is 3.85. The summed E-state index contributed by atoms with van der Waals surface area (Å²) in [5.41, 5.74) is 5.68. The van der Waals surface area contributed by atoms with Gasteiger partial charge in [-0.2, -0.15) is 0 Å². The number of carbonyl (C=O) groups is 1. The van der Waals surface area contributed by atoms with E-state index in [9.17, 15) is 4.79 Å². The first kappa shape index (κ1) is 18.7. The first-order valence-electron chi connectivity index (χ1n) is 10.3. The summed E-state index contributed by atoms with van der Waals surface area (Å²) in [6.45, 7) is 4.06. The molecule has 1 amide bonds. The molecule has 4 aromatic rings. The van der Waals surface area contributed by atoms with Gasteiger partial charge in [0.15, 0.2) is 5.82 Å². The van der Waals surface area contributed by atoms with Crippen molar-refractivity contribution in [3.05, 3.63) is 42.2 Å². The number of aryl methyl sites for hydroxylation is 1. The van der Waals surface area contributed by atoms with Crippen LogP contribution >= 0.6 is 0 Å². The highest BCUT2D eigenvalue weighted by Crippen LogP contribution is 2.45. The molecule has 30 heavy (non-hydrogen) atoms. The molecule has 1 aliphatic carbocycles. The summed E-state index contributed by atoms with van der Waals surface area (Å²) in [5, 5.41) is 7.34. The summed E-state index contributed by atoms with van der Waals surface area (Å²) in [4.78, 5) is 25.1. The number of amides is 1. The van der Waals surface area contributed by atoms with Crippen molar-refractivity contribution in [2.75, 3.05) is 12.4 Å². The Kier molecular flexibility index (Phi) is 4.10. The van der Waals surface area contributed by atoms with Crippen molar-refractivity contribution >= 4 is 33.8 Å². The lowest BCUT2D eigenvalue weighted by Gasteiger charge is -2.18. The van der Waals surface area contributed by atoms with E-state index in [-0.39, 0.29) is 17.4 Å². The van der Waals surface area contributed by atoms with Gasteiger partial charge in [-0.25, -0.2) is 9.97 Å². The number of hydrogen-bond donors (Lipinski definition) is 3. The van der Waals surface area contributed by atoms with Crippen LogP contribution in [0.25, 0.3) is 33.3 Å². The number of benzene rings is 1. The lowest BCUT2D eigenvalue weighted by atomic mass is 10.0. The predicted molar refractivity (Wildman–Crippen MR) is 119 cm³/mol. The summed E-state index contributed by atoms with van der Waals surface area (Å²) in [6.07, 6.45) is 3.76. The Hall–Kier alpha value is -3.35. The van der Waals surface area contributed by atoms with Crippen LogP contribution in [0.4, 0.5) is 5.82 Å². The minimum atomic E-state index is -0.172. The highest BCUT2D eigenvalue weighted by molar-refractivity contribution is 6.07. The maximum absolute atomic E-state index is 12.4. The predicted octanol–water partition coefficient (Wildman–Crippen LogP) is 4.14. The number of pyridine rings is 1. The quantitative estimate of drug-likeness (QED) is 0.468. The van der Waals surface area contributed by atoms with Gasteiger partial charge in [0.2, 0.25) is 5.91 Å². The molecule has 0 spiro atoms. The van der Waals surface area contributed by atoms with Crippen molar-refractivity contribution in [3.8, 4) is 11.3 Å². The highest BCUT2D eigenvalue weighted by Gasteiger charge is 2.45. The lowest BCUT2D eigenvalue weighted by Crippen LogP contribution is -2.32. The number of imidazole rings is 1. The second-order valence-corrected chi connectivity index (χ2v) is 8.59. The molecule has 3 N–H and O–H groups in total. The highest BCUT2D eigenvalue weighted by atomic mass is 16.2. The molecule has 1 fully saturated rings. The average molecular weight is 403 g/mol. The zero-order chi connectivity index (χ0) is 21.0. The number of H-pyrrole nitrogens is 1. The van der Waals surface area contributed by atoms with Gasteiger partial charge in [0.05, 0.1) is 17.9 Å². The van der Waals surface area contributed by atoms with Crippen LogP contribution in [0.1, 0.15) is 38.3 Å². The number of carbonyl (C=O) groups excluding carboxylic acids is 1. The maximum atomic E-state index is 12.4. The molecule has 7 nitrogen and oxygen atoms in total. The Labute approximate surface area is 174 Å². The minimum Gasteiger partial charge on any atom is -0.371 e. The maximum Gasteiger partial charge on any atom is 0.226 e. The molecular weight excluding hydrogens is 376 g/mol. The van der Waals surface area contributed by atoms with E-state index in [0.29, 0.717) is 0 Å². The van der Waals surface area contributed by atoms with Crippen molar-refractivity contribution in [1.82, 2.24) is 24.8 Å². The molecule has 0 aliphatic heterocycles. The first-order valence-corrected chi connectivity index (χ1v) is 10.3. The largest absolute Gasteiger partial charge is 0.371 e. The summed E-state index contributed by atoms with van der Waals surface area (Å²) >= 11 is 0. The number of nitrogens with zero attached hydrogens (tertiary/aromatic N) is 3. The number of aromatic amines is 1. The summed E-state index contributed by atoms with van der Waals surface area (Å²) < 4.78 is 2.02. The van der Waals surface area contributed by atoms with Crippen molar-refractivity contribution in [1.29, 1.82) is 0 Å². The standard InChI is InChI=1S/C23H26N6O/c1-13(26-22(30)23(2)8-9-23)14-6-5-7-15(10-14)17-11-16-19-18(25-12-29(19)4)21(24-3)28-20(16)27-17/h5-7,10-13H,8-9H2,1-4H3,(H,26,30)(H2,24,27,28). The molecule has 1 aliphatic rings. The van der Waals surface area contributed by atoms with E-state index in [4.69, 9.17) is 4.98 Å². The molecule has 1 saturated carbocycles. The molecule has 0 saturated heterocycles. The summed E-state index contributed by atoms with van der Waals surface area (Å²) in [6, 6.07) is 10.4. The Balaban J connectivity index is 1.53. The summed E-state index contributed by atoms with van der Waals surface area (Å²) in [5.74, 6) is 0.901. The number of anilines is 1. The number of fused-ring (bicyclic) bond motifs is 3. The molecule has 3 heterocycles. The van der Waals surface area contributed by atoms with Gasteiger partial charge >= 0.3 is 0 Å². The normalized spacial score (nSPS) is 16.0. The fraction of sp³-hybridized carbons (Fsp3) is 0.348. The third-order valence-corrected chi connectivity index (χ3v) is 6.27. The van der Waals surface area contributed by atoms with E-state index in [2.05, 4.69) is 44.9 Å². The van der Waals surface area contributed by atoms with Gasteiger partial charge in [0.25, 0.3) is 0 Å². The number of rotatable bonds is 5. The number of hydrogen-bond acceptors (Lipinski definition) is 4. The Morgan fingerprint density at radius 2 is 2.10 bits per heavy atom. The van der Waals surface area contributed by atoms with Crippen molar-refractivity contribution in [2.24, 2.45) is 12.5 Å². The van der Waals surface area contributed by atoms with Crippen LogP contribution in [-0.2, 0) is 11.8 Å². The molecule has 5 rings (SSSR count). The van der Waals surface area contributed by atoms with Crippen molar-refractivity contribution in [3.63, 3.8) is 0 Å². The minimum absolute atomic E-state index is 0.0444. The number of nitrogens with one attached hydrogen (secondary N) is 3. The number of aromatic nitrogens is 4. The SMILES string of the molecule is CNc1nc2[nH]c(-c3cccc(C(C)NC(=O)C4(C)CC4)c3)cc2c2c1ncn2C. The van der Waals surface area contributed by atoms with Crippen LogP contribution in [0.2, 0.25) is 0 Å². The molecule has 1 atom stereocenters. The third kappa shape index (κ3) is 2.93.